The molecule has 0 spiro atoms. The van der Waals surface area contributed by atoms with Gasteiger partial charge in [0.1, 0.15) is 0 Å². The van der Waals surface area contributed by atoms with Gasteiger partial charge in [-0.1, -0.05) is 13.0 Å². The molecule has 0 N–H and O–H groups in total. The van der Waals surface area contributed by atoms with Gasteiger partial charge in [-0.3, -0.25) is 4.79 Å². The van der Waals surface area contributed by atoms with E-state index in [9.17, 15) is 9.18 Å². The molecule has 0 aromatic heterocycles. The molecule has 1 aromatic carbocycles. The van der Waals surface area contributed by atoms with Crippen LogP contribution in [-0.4, -0.2) is 5.97 Å². The van der Waals surface area contributed by atoms with Crippen molar-refractivity contribution in [1.29, 1.82) is 0 Å². The van der Waals surface area contributed by atoms with Gasteiger partial charge in [-0.05, 0) is 34.5 Å². The topological polar surface area (TPSA) is 26.3 Å². The second kappa shape index (κ2) is 5.10. The molecule has 0 unspecified atom stereocenters. The molecule has 0 fully saturated rings. The highest BCUT2D eigenvalue weighted by molar-refractivity contribution is 9.10. The van der Waals surface area contributed by atoms with Crippen molar-refractivity contribution in [1.82, 2.24) is 0 Å². The second-order valence-corrected chi connectivity index (χ2v) is 3.63. The third kappa shape index (κ3) is 2.80. The normalized spacial score (nSPS) is 9.93. The quantitative estimate of drug-likeness (QED) is 0.616. The zero-order chi connectivity index (χ0) is 10.6. The van der Waals surface area contributed by atoms with Crippen molar-refractivity contribution in [3.63, 3.8) is 0 Å². The number of carbonyl (C=O) groups is 1. The Kier molecular flexibility index (Phi) is 4.07. The van der Waals surface area contributed by atoms with Crippen LogP contribution in [-0.2, 0) is 4.79 Å². The first-order valence-electron chi connectivity index (χ1n) is 4.30. The van der Waals surface area contributed by atoms with Crippen molar-refractivity contribution in [3.05, 3.63) is 28.5 Å². The fraction of sp³-hybridized carbons (Fsp3) is 0.300. The third-order valence-corrected chi connectivity index (χ3v) is 2.21. The monoisotopic (exact) mass is 260 g/mol. The number of esters is 1. The molecule has 0 amide bonds. The van der Waals surface area contributed by atoms with Gasteiger partial charge in [0, 0.05) is 6.42 Å². The molecule has 0 aliphatic carbocycles. The van der Waals surface area contributed by atoms with E-state index >= 15 is 0 Å². The van der Waals surface area contributed by atoms with Crippen molar-refractivity contribution in [2.75, 3.05) is 0 Å². The largest absolute Gasteiger partial charge is 0.422 e. The molecule has 76 valence electrons. The first-order chi connectivity index (χ1) is 6.65. The number of halogens is 2. The summed E-state index contributed by atoms with van der Waals surface area (Å²) in [5.74, 6) is -0.993. The number of carbonyl (C=O) groups excluding carboxylic acids is 1. The van der Waals surface area contributed by atoms with Crippen molar-refractivity contribution >= 4 is 21.9 Å². The smallest absolute Gasteiger partial charge is 0.311 e. The Labute approximate surface area is 90.2 Å². The molecule has 0 saturated carbocycles. The maximum Gasteiger partial charge on any atom is 0.311 e. The van der Waals surface area contributed by atoms with Crippen molar-refractivity contribution in [3.8, 4) is 5.75 Å². The van der Waals surface area contributed by atoms with Gasteiger partial charge in [-0.15, -0.1) is 0 Å². The average Bonchev–Trinajstić information content (AvgIpc) is 2.12. The van der Waals surface area contributed by atoms with Crippen LogP contribution in [0.4, 0.5) is 4.39 Å². The highest BCUT2D eigenvalue weighted by Gasteiger charge is 2.11. The van der Waals surface area contributed by atoms with Crippen LogP contribution in [0.5, 0.6) is 5.75 Å². The number of hydrogen-bond donors (Lipinski definition) is 0. The third-order valence-electron chi connectivity index (χ3n) is 1.59. The van der Waals surface area contributed by atoms with E-state index in [1.807, 2.05) is 6.92 Å². The Morgan fingerprint density at radius 2 is 2.29 bits per heavy atom. The minimum atomic E-state index is -0.538. The van der Waals surface area contributed by atoms with Crippen LogP contribution in [0.2, 0.25) is 0 Å². The van der Waals surface area contributed by atoms with Gasteiger partial charge < -0.3 is 4.74 Å². The van der Waals surface area contributed by atoms with Crippen LogP contribution >= 0.6 is 15.9 Å². The summed E-state index contributed by atoms with van der Waals surface area (Å²) in [6.07, 6.45) is 0.978. The molecule has 4 heteroatoms. The number of para-hydroxylation sites is 1. The summed E-state index contributed by atoms with van der Waals surface area (Å²) in [5, 5.41) is 0. The molecule has 1 rings (SSSR count). The van der Waals surface area contributed by atoms with Crippen LogP contribution in [0.15, 0.2) is 22.7 Å². The molecule has 0 saturated heterocycles. The highest BCUT2D eigenvalue weighted by atomic mass is 79.9. The Balaban J connectivity index is 2.80. The summed E-state index contributed by atoms with van der Waals surface area (Å²) in [7, 11) is 0. The zero-order valence-electron chi connectivity index (χ0n) is 7.72. The van der Waals surface area contributed by atoms with E-state index in [0.717, 1.165) is 0 Å². The van der Waals surface area contributed by atoms with E-state index in [0.29, 0.717) is 17.3 Å². The number of ether oxygens (including phenoxy) is 1. The Morgan fingerprint density at radius 3 is 2.86 bits per heavy atom. The highest BCUT2D eigenvalue weighted by Crippen LogP contribution is 2.27. The summed E-state index contributed by atoms with van der Waals surface area (Å²) >= 11 is 3.11. The van der Waals surface area contributed by atoms with Crippen molar-refractivity contribution in [2.24, 2.45) is 0 Å². The van der Waals surface area contributed by atoms with Gasteiger partial charge in [0.2, 0.25) is 0 Å². The first-order valence-corrected chi connectivity index (χ1v) is 5.09. The molecular weight excluding hydrogens is 251 g/mol. The van der Waals surface area contributed by atoms with E-state index in [1.165, 1.54) is 12.1 Å². The fourth-order valence-electron chi connectivity index (χ4n) is 0.949. The van der Waals surface area contributed by atoms with Gasteiger partial charge in [0.15, 0.2) is 11.6 Å². The standard InChI is InChI=1S/C10H10BrFO2/c1-2-4-9(13)14-10-7(11)5-3-6-8(10)12/h3,5-6H,2,4H2,1H3. The van der Waals surface area contributed by atoms with E-state index in [4.69, 9.17) is 4.74 Å². The van der Waals surface area contributed by atoms with Gasteiger partial charge in [0.05, 0.1) is 4.47 Å². The number of rotatable bonds is 3. The lowest BCUT2D eigenvalue weighted by Gasteiger charge is -2.06. The molecular formula is C10H10BrFO2. The van der Waals surface area contributed by atoms with Crippen LogP contribution in [0.1, 0.15) is 19.8 Å². The minimum Gasteiger partial charge on any atom is -0.422 e. The molecule has 14 heavy (non-hydrogen) atoms. The van der Waals surface area contributed by atoms with Crippen molar-refractivity contribution < 1.29 is 13.9 Å². The predicted molar refractivity (Wildman–Crippen MR) is 54.6 cm³/mol. The number of benzene rings is 1. The summed E-state index contributed by atoms with van der Waals surface area (Å²) in [5.41, 5.74) is 0. The maximum absolute atomic E-state index is 13.1. The predicted octanol–water partition coefficient (Wildman–Crippen LogP) is 3.29. The van der Waals surface area contributed by atoms with Gasteiger partial charge >= 0.3 is 5.97 Å². The molecule has 0 radical (unpaired) electrons. The van der Waals surface area contributed by atoms with Crippen LogP contribution < -0.4 is 4.74 Å². The van der Waals surface area contributed by atoms with E-state index in [2.05, 4.69) is 15.9 Å². The van der Waals surface area contributed by atoms with Gasteiger partial charge in [-0.25, -0.2) is 4.39 Å². The lowest BCUT2D eigenvalue weighted by atomic mass is 10.3. The zero-order valence-corrected chi connectivity index (χ0v) is 9.30. The molecule has 0 atom stereocenters. The Hall–Kier alpha value is -0.900. The second-order valence-electron chi connectivity index (χ2n) is 2.77. The molecule has 1 aromatic rings. The Bertz CT molecular complexity index is 319. The van der Waals surface area contributed by atoms with Gasteiger partial charge in [0.25, 0.3) is 0 Å². The maximum atomic E-state index is 13.1. The SMILES string of the molecule is CCCC(=O)Oc1c(F)cccc1Br. The Morgan fingerprint density at radius 1 is 1.57 bits per heavy atom. The summed E-state index contributed by atoms with van der Waals surface area (Å²) in [6, 6.07) is 4.41. The average molecular weight is 261 g/mol. The van der Waals surface area contributed by atoms with Crippen LogP contribution in [0.3, 0.4) is 0 Å². The molecule has 2 nitrogen and oxygen atoms in total. The molecule has 0 aliphatic heterocycles. The van der Waals surface area contributed by atoms with Crippen LogP contribution in [0, 0.1) is 5.82 Å². The number of hydrogen-bond acceptors (Lipinski definition) is 2. The fourth-order valence-corrected chi connectivity index (χ4v) is 1.37. The van der Waals surface area contributed by atoms with E-state index in [-0.39, 0.29) is 5.75 Å². The van der Waals surface area contributed by atoms with Crippen LogP contribution in [0.25, 0.3) is 0 Å². The lowest BCUT2D eigenvalue weighted by Crippen LogP contribution is -2.08. The molecule has 0 heterocycles. The summed E-state index contributed by atoms with van der Waals surface area (Å²) < 4.78 is 18.4. The molecule has 0 aliphatic rings. The summed E-state index contributed by atoms with van der Waals surface area (Å²) in [4.78, 5) is 11.1. The van der Waals surface area contributed by atoms with Crippen molar-refractivity contribution in [2.45, 2.75) is 19.8 Å². The first kappa shape index (κ1) is 11.2. The summed E-state index contributed by atoms with van der Waals surface area (Å²) in [6.45, 7) is 1.86. The van der Waals surface area contributed by atoms with Gasteiger partial charge in [-0.2, -0.15) is 0 Å². The minimum absolute atomic E-state index is 0.0362. The lowest BCUT2D eigenvalue weighted by molar-refractivity contribution is -0.134. The van der Waals surface area contributed by atoms with E-state index in [1.54, 1.807) is 6.07 Å². The van der Waals surface area contributed by atoms with E-state index < -0.39 is 11.8 Å². The molecule has 0 bridgehead atoms.